The highest BCUT2D eigenvalue weighted by molar-refractivity contribution is 7.70. The molecule has 0 amide bonds. The summed E-state index contributed by atoms with van der Waals surface area (Å²) in [5.74, 6) is 1.91. The molecule has 0 aliphatic rings. The van der Waals surface area contributed by atoms with Gasteiger partial charge in [0.1, 0.15) is 13.0 Å². The zero-order valence-corrected chi connectivity index (χ0v) is 12.1. The van der Waals surface area contributed by atoms with Crippen molar-refractivity contribution in [3.05, 3.63) is 48.0 Å². The Labute approximate surface area is 117 Å². The van der Waals surface area contributed by atoms with E-state index < -0.39 is 13.0 Å². The minimum absolute atomic E-state index is 0.270. The number of aromatic nitrogens is 1. The minimum Gasteiger partial charge on any atom is -0.351 e. The van der Waals surface area contributed by atoms with Gasteiger partial charge in [0.15, 0.2) is 0 Å². The zero-order chi connectivity index (χ0) is 14.8. The normalized spacial score (nSPS) is 10.9. The fraction of sp³-hybridized carbons (Fsp3) is 0.133. The molecule has 0 bridgehead atoms. The molecule has 3 nitrogen and oxygen atoms in total. The maximum Gasteiger partial charge on any atom is 0.147 e. The van der Waals surface area contributed by atoms with Crippen molar-refractivity contribution in [3.8, 4) is 12.3 Å². The lowest BCUT2D eigenvalue weighted by Crippen LogP contribution is -2.10. The second-order valence-corrected chi connectivity index (χ2v) is 7.89. The topological polar surface area (TPSA) is 42.0 Å². The van der Waals surface area contributed by atoms with E-state index in [4.69, 9.17) is 6.42 Å². The standard InChI is InChI=1S/C15H14FN2OP/c1-4-11-5-6-13(12(16)9-11)18-14-10-17-8-7-15(14)20(2,3)19/h1,5-10,18H,2-3H3. The summed E-state index contributed by atoms with van der Waals surface area (Å²) in [4.78, 5) is 3.98. The molecule has 102 valence electrons. The number of pyridine rings is 1. The predicted octanol–water partition coefficient (Wildman–Crippen LogP) is 3.19. The average Bonchev–Trinajstić information content (AvgIpc) is 2.40. The number of benzene rings is 1. The molecule has 20 heavy (non-hydrogen) atoms. The van der Waals surface area contributed by atoms with E-state index in [1.54, 1.807) is 37.7 Å². The molecule has 0 spiro atoms. The van der Waals surface area contributed by atoms with Gasteiger partial charge in [0.05, 0.1) is 17.6 Å². The van der Waals surface area contributed by atoms with E-state index in [1.165, 1.54) is 12.3 Å². The molecule has 2 rings (SSSR count). The van der Waals surface area contributed by atoms with Gasteiger partial charge in [0, 0.05) is 17.1 Å². The van der Waals surface area contributed by atoms with Crippen molar-refractivity contribution >= 4 is 23.8 Å². The van der Waals surface area contributed by atoms with E-state index in [-0.39, 0.29) is 5.69 Å². The molecule has 2 aromatic rings. The highest BCUT2D eigenvalue weighted by Crippen LogP contribution is 2.38. The highest BCUT2D eigenvalue weighted by atomic mass is 31.2. The third-order valence-electron chi connectivity index (χ3n) is 2.78. The number of nitrogens with zero attached hydrogens (tertiary/aromatic N) is 1. The molecular formula is C15H14FN2OP. The Morgan fingerprint density at radius 2 is 2.05 bits per heavy atom. The number of halogens is 1. The summed E-state index contributed by atoms with van der Waals surface area (Å²) in [5.41, 5.74) is 1.27. The Hall–Kier alpha value is -2.11. The number of anilines is 2. The summed E-state index contributed by atoms with van der Waals surface area (Å²) in [5, 5.41) is 3.55. The fourth-order valence-corrected chi connectivity index (χ4v) is 2.92. The van der Waals surface area contributed by atoms with Crippen LogP contribution in [0.4, 0.5) is 15.8 Å². The first-order chi connectivity index (χ1) is 9.41. The van der Waals surface area contributed by atoms with Crippen molar-refractivity contribution in [2.75, 3.05) is 18.6 Å². The van der Waals surface area contributed by atoms with Gasteiger partial charge in [-0.25, -0.2) is 4.39 Å². The third kappa shape index (κ3) is 3.07. The first kappa shape index (κ1) is 14.3. The lowest BCUT2D eigenvalue weighted by atomic mass is 10.2. The van der Waals surface area contributed by atoms with E-state index in [1.807, 2.05) is 0 Å². The number of terminal acetylenes is 1. The molecule has 0 aliphatic heterocycles. The zero-order valence-electron chi connectivity index (χ0n) is 11.2. The van der Waals surface area contributed by atoms with Gasteiger partial charge in [0.25, 0.3) is 0 Å². The maximum absolute atomic E-state index is 13.9. The van der Waals surface area contributed by atoms with Crippen LogP contribution in [0.3, 0.4) is 0 Å². The van der Waals surface area contributed by atoms with Gasteiger partial charge >= 0.3 is 0 Å². The molecule has 1 heterocycles. The van der Waals surface area contributed by atoms with Gasteiger partial charge in [-0.15, -0.1) is 6.42 Å². The monoisotopic (exact) mass is 288 g/mol. The van der Waals surface area contributed by atoms with Crippen LogP contribution in [0.2, 0.25) is 0 Å². The van der Waals surface area contributed by atoms with Crippen LogP contribution >= 0.6 is 7.14 Å². The SMILES string of the molecule is C#Cc1ccc(Nc2cnccc2P(C)(C)=O)c(F)c1. The lowest BCUT2D eigenvalue weighted by molar-refractivity contribution is 0.588. The first-order valence-corrected chi connectivity index (χ1v) is 8.54. The van der Waals surface area contributed by atoms with E-state index in [9.17, 15) is 8.96 Å². The quantitative estimate of drug-likeness (QED) is 0.696. The Bertz CT molecular complexity index is 731. The van der Waals surface area contributed by atoms with Crippen LogP contribution in [-0.4, -0.2) is 18.3 Å². The van der Waals surface area contributed by atoms with Gasteiger partial charge in [-0.2, -0.15) is 0 Å². The summed E-state index contributed by atoms with van der Waals surface area (Å²) in [6.45, 7) is 3.32. The second kappa shape index (κ2) is 5.48. The smallest absolute Gasteiger partial charge is 0.147 e. The van der Waals surface area contributed by atoms with Crippen LogP contribution in [0.5, 0.6) is 0 Å². The Morgan fingerprint density at radius 1 is 1.30 bits per heavy atom. The number of hydrogen-bond donors (Lipinski definition) is 1. The van der Waals surface area contributed by atoms with E-state index in [2.05, 4.69) is 16.2 Å². The van der Waals surface area contributed by atoms with Gasteiger partial charge in [0.2, 0.25) is 0 Å². The second-order valence-electron chi connectivity index (χ2n) is 4.71. The Kier molecular flexibility index (Phi) is 3.92. The molecule has 5 heteroatoms. The van der Waals surface area contributed by atoms with Crippen molar-refractivity contribution in [2.24, 2.45) is 0 Å². The van der Waals surface area contributed by atoms with Crippen molar-refractivity contribution in [1.82, 2.24) is 4.98 Å². The summed E-state index contributed by atoms with van der Waals surface area (Å²) >= 11 is 0. The van der Waals surface area contributed by atoms with E-state index in [0.717, 1.165) is 0 Å². The largest absolute Gasteiger partial charge is 0.351 e. The van der Waals surface area contributed by atoms with Crippen LogP contribution in [0.1, 0.15) is 5.56 Å². The molecule has 0 radical (unpaired) electrons. The molecule has 0 saturated heterocycles. The number of hydrogen-bond acceptors (Lipinski definition) is 3. The molecule has 1 N–H and O–H groups in total. The summed E-state index contributed by atoms with van der Waals surface area (Å²) < 4.78 is 26.1. The predicted molar refractivity (Wildman–Crippen MR) is 80.9 cm³/mol. The van der Waals surface area contributed by atoms with Crippen molar-refractivity contribution in [3.63, 3.8) is 0 Å². The molecule has 0 atom stereocenters. The van der Waals surface area contributed by atoms with Crippen molar-refractivity contribution in [2.45, 2.75) is 0 Å². The molecular weight excluding hydrogens is 274 g/mol. The Balaban J connectivity index is 2.41. The average molecular weight is 288 g/mol. The molecule has 0 aliphatic carbocycles. The van der Waals surface area contributed by atoms with Crippen LogP contribution < -0.4 is 10.6 Å². The van der Waals surface area contributed by atoms with Crippen LogP contribution in [-0.2, 0) is 4.57 Å². The third-order valence-corrected chi connectivity index (χ3v) is 4.33. The fourth-order valence-electron chi connectivity index (χ4n) is 1.80. The Morgan fingerprint density at radius 3 is 2.65 bits per heavy atom. The molecule has 1 aromatic carbocycles. The van der Waals surface area contributed by atoms with Crippen LogP contribution in [0.15, 0.2) is 36.7 Å². The molecule has 0 saturated carbocycles. The first-order valence-electron chi connectivity index (χ1n) is 5.94. The highest BCUT2D eigenvalue weighted by Gasteiger charge is 2.16. The van der Waals surface area contributed by atoms with E-state index >= 15 is 0 Å². The summed E-state index contributed by atoms with van der Waals surface area (Å²) in [6, 6.07) is 6.14. The lowest BCUT2D eigenvalue weighted by Gasteiger charge is -2.15. The van der Waals surface area contributed by atoms with Crippen LogP contribution in [0, 0.1) is 18.2 Å². The van der Waals surface area contributed by atoms with E-state index in [0.29, 0.717) is 16.6 Å². The van der Waals surface area contributed by atoms with Crippen molar-refractivity contribution in [1.29, 1.82) is 0 Å². The molecule has 0 unspecified atom stereocenters. The maximum atomic E-state index is 13.9. The summed E-state index contributed by atoms with van der Waals surface area (Å²) in [6.07, 6.45) is 8.32. The number of nitrogens with one attached hydrogen (secondary N) is 1. The summed E-state index contributed by atoms with van der Waals surface area (Å²) in [7, 11) is -2.48. The van der Waals surface area contributed by atoms with Crippen LogP contribution in [0.25, 0.3) is 0 Å². The van der Waals surface area contributed by atoms with Gasteiger partial charge < -0.3 is 9.88 Å². The number of rotatable bonds is 3. The van der Waals surface area contributed by atoms with Gasteiger partial charge in [-0.3, -0.25) is 4.98 Å². The molecule has 0 fully saturated rings. The minimum atomic E-state index is -2.48. The molecule has 1 aromatic heterocycles. The van der Waals surface area contributed by atoms with Crippen molar-refractivity contribution < 1.29 is 8.96 Å². The van der Waals surface area contributed by atoms with Gasteiger partial charge in [-0.05, 0) is 37.6 Å². The van der Waals surface area contributed by atoms with Gasteiger partial charge in [-0.1, -0.05) is 5.92 Å².